The number of hydrogen-bond acceptors (Lipinski definition) is 6. The van der Waals surface area contributed by atoms with E-state index in [-0.39, 0.29) is 16.5 Å². The lowest BCUT2D eigenvalue weighted by atomic mass is 10.4. The van der Waals surface area contributed by atoms with Gasteiger partial charge in [-0.1, -0.05) is 23.2 Å². The largest absolute Gasteiger partial charge is 0.378 e. The van der Waals surface area contributed by atoms with Crippen LogP contribution in [0.4, 0.5) is 5.82 Å². The number of ether oxygens (including phenoxy) is 1. The summed E-state index contributed by atoms with van der Waals surface area (Å²) in [6.45, 7) is 2.74. The lowest BCUT2D eigenvalue weighted by Gasteiger charge is -2.27. The van der Waals surface area contributed by atoms with Crippen LogP contribution in [0.25, 0.3) is 0 Å². The van der Waals surface area contributed by atoms with Gasteiger partial charge in [-0.05, 0) is 24.3 Å². The van der Waals surface area contributed by atoms with E-state index in [1.165, 1.54) is 18.2 Å². The van der Waals surface area contributed by atoms with Crippen LogP contribution in [-0.4, -0.2) is 44.7 Å². The minimum atomic E-state index is -3.74. The topological polar surface area (TPSA) is 84.4 Å². The molecule has 10 heteroatoms. The first-order valence-corrected chi connectivity index (χ1v) is 9.79. The van der Waals surface area contributed by atoms with Crippen molar-refractivity contribution in [3.8, 4) is 0 Å². The minimum absolute atomic E-state index is 0.0270. The highest BCUT2D eigenvalue weighted by molar-refractivity contribution is 7.89. The maximum absolute atomic E-state index is 12.4. The number of hydrogen-bond donors (Lipinski definition) is 1. The first-order chi connectivity index (χ1) is 12.0. The molecule has 0 radical (unpaired) electrons. The van der Waals surface area contributed by atoms with E-state index in [9.17, 15) is 8.42 Å². The molecule has 1 fully saturated rings. The molecule has 2 heterocycles. The average Bonchev–Trinajstić information content (AvgIpc) is 2.63. The quantitative estimate of drug-likeness (QED) is 0.823. The predicted molar refractivity (Wildman–Crippen MR) is 95.6 cm³/mol. The molecule has 2 aromatic rings. The standard InChI is InChI=1S/C15H16Cl2N4O3S/c16-12-2-1-11(9-13(12)17)25(22,23)19-10-14-18-4-3-15(20-14)21-5-7-24-8-6-21/h1-4,9,19H,5-8,10H2. The van der Waals surface area contributed by atoms with Gasteiger partial charge in [-0.15, -0.1) is 0 Å². The Morgan fingerprint density at radius 3 is 2.64 bits per heavy atom. The Morgan fingerprint density at radius 2 is 1.92 bits per heavy atom. The van der Waals surface area contributed by atoms with Crippen LogP contribution in [-0.2, 0) is 21.3 Å². The van der Waals surface area contributed by atoms with Gasteiger partial charge >= 0.3 is 0 Å². The molecule has 0 aliphatic carbocycles. The van der Waals surface area contributed by atoms with Gasteiger partial charge in [-0.25, -0.2) is 23.1 Å². The highest BCUT2D eigenvalue weighted by Gasteiger charge is 2.17. The second-order valence-electron chi connectivity index (χ2n) is 5.33. The number of aromatic nitrogens is 2. The molecule has 134 valence electrons. The summed E-state index contributed by atoms with van der Waals surface area (Å²) in [5.74, 6) is 1.13. The van der Waals surface area contributed by atoms with Crippen LogP contribution in [0.1, 0.15) is 5.82 Å². The lowest BCUT2D eigenvalue weighted by Crippen LogP contribution is -2.37. The first kappa shape index (κ1) is 18.3. The monoisotopic (exact) mass is 402 g/mol. The van der Waals surface area contributed by atoms with Crippen molar-refractivity contribution in [1.29, 1.82) is 0 Å². The number of benzene rings is 1. The molecule has 25 heavy (non-hydrogen) atoms. The van der Waals surface area contributed by atoms with E-state index in [0.29, 0.717) is 24.1 Å². The lowest BCUT2D eigenvalue weighted by molar-refractivity contribution is 0.122. The van der Waals surface area contributed by atoms with Gasteiger partial charge in [0, 0.05) is 19.3 Å². The van der Waals surface area contributed by atoms with Gasteiger partial charge in [-0.2, -0.15) is 0 Å². The molecule has 0 spiro atoms. The summed E-state index contributed by atoms with van der Waals surface area (Å²) in [5.41, 5.74) is 0. The van der Waals surface area contributed by atoms with Crippen LogP contribution >= 0.6 is 23.2 Å². The Morgan fingerprint density at radius 1 is 1.16 bits per heavy atom. The summed E-state index contributed by atoms with van der Waals surface area (Å²) in [6.07, 6.45) is 1.61. The second-order valence-corrected chi connectivity index (χ2v) is 7.91. The van der Waals surface area contributed by atoms with E-state index in [4.69, 9.17) is 27.9 Å². The van der Waals surface area contributed by atoms with E-state index < -0.39 is 10.0 Å². The third kappa shape index (κ3) is 4.59. The zero-order chi connectivity index (χ0) is 17.9. The number of nitrogens with one attached hydrogen (secondary N) is 1. The molecule has 3 rings (SSSR count). The van der Waals surface area contributed by atoms with Gasteiger partial charge < -0.3 is 9.64 Å². The van der Waals surface area contributed by atoms with Crippen molar-refractivity contribution in [3.05, 3.63) is 46.3 Å². The Kier molecular flexibility index (Phi) is 5.75. The van der Waals surface area contributed by atoms with Gasteiger partial charge in [0.05, 0.1) is 34.7 Å². The molecule has 1 aliphatic heterocycles. The Bertz CT molecular complexity index is 858. The molecule has 1 N–H and O–H groups in total. The summed E-state index contributed by atoms with van der Waals surface area (Å²) in [4.78, 5) is 10.6. The third-order valence-corrected chi connectivity index (χ3v) is 5.79. The molecule has 1 aromatic carbocycles. The van der Waals surface area contributed by atoms with Crippen LogP contribution < -0.4 is 9.62 Å². The van der Waals surface area contributed by atoms with Crippen molar-refractivity contribution in [2.45, 2.75) is 11.4 Å². The number of rotatable bonds is 5. The summed E-state index contributed by atoms with van der Waals surface area (Å²) >= 11 is 11.7. The van der Waals surface area contributed by atoms with Crippen LogP contribution in [0, 0.1) is 0 Å². The zero-order valence-corrected chi connectivity index (χ0v) is 15.5. The molecule has 1 saturated heterocycles. The number of sulfonamides is 1. The van der Waals surface area contributed by atoms with E-state index in [1.54, 1.807) is 12.3 Å². The van der Waals surface area contributed by atoms with Gasteiger partial charge in [0.2, 0.25) is 10.0 Å². The maximum atomic E-state index is 12.4. The van der Waals surface area contributed by atoms with E-state index in [2.05, 4.69) is 19.6 Å². The number of anilines is 1. The molecular weight excluding hydrogens is 387 g/mol. The van der Waals surface area contributed by atoms with Crippen molar-refractivity contribution < 1.29 is 13.2 Å². The van der Waals surface area contributed by atoms with Crippen molar-refractivity contribution in [2.24, 2.45) is 0 Å². The van der Waals surface area contributed by atoms with Crippen LogP contribution in [0.15, 0.2) is 35.4 Å². The number of nitrogens with zero attached hydrogens (tertiary/aromatic N) is 3. The van der Waals surface area contributed by atoms with Gasteiger partial charge in [0.1, 0.15) is 11.6 Å². The van der Waals surface area contributed by atoms with E-state index >= 15 is 0 Å². The Labute approximate surface area is 156 Å². The maximum Gasteiger partial charge on any atom is 0.241 e. The molecule has 7 nitrogen and oxygen atoms in total. The zero-order valence-electron chi connectivity index (χ0n) is 13.2. The highest BCUT2D eigenvalue weighted by atomic mass is 35.5. The second kappa shape index (κ2) is 7.84. The third-order valence-electron chi connectivity index (χ3n) is 3.65. The molecule has 0 unspecified atom stereocenters. The molecule has 0 atom stereocenters. The fraction of sp³-hybridized carbons (Fsp3) is 0.333. The SMILES string of the molecule is O=S(=O)(NCc1nccc(N2CCOCC2)n1)c1ccc(Cl)c(Cl)c1. The highest BCUT2D eigenvalue weighted by Crippen LogP contribution is 2.24. The summed E-state index contributed by atoms with van der Waals surface area (Å²) in [7, 11) is -3.74. The molecule has 0 saturated carbocycles. The molecule has 1 aliphatic rings. The summed E-state index contributed by atoms with van der Waals surface area (Å²) < 4.78 is 32.5. The van der Waals surface area contributed by atoms with Gasteiger partial charge in [-0.3, -0.25) is 0 Å². The number of morpholine rings is 1. The van der Waals surface area contributed by atoms with Crippen LogP contribution in [0.2, 0.25) is 10.0 Å². The Balaban J connectivity index is 1.71. The normalized spacial score (nSPS) is 15.4. The van der Waals surface area contributed by atoms with Crippen LogP contribution in [0.5, 0.6) is 0 Å². The first-order valence-electron chi connectivity index (χ1n) is 7.55. The van der Waals surface area contributed by atoms with Crippen molar-refractivity contribution in [1.82, 2.24) is 14.7 Å². The fourth-order valence-corrected chi connectivity index (χ4v) is 3.70. The van der Waals surface area contributed by atoms with Crippen molar-refractivity contribution in [3.63, 3.8) is 0 Å². The molecule has 0 amide bonds. The average molecular weight is 403 g/mol. The van der Waals surface area contributed by atoms with Crippen LogP contribution in [0.3, 0.4) is 0 Å². The van der Waals surface area contributed by atoms with Crippen molar-refractivity contribution in [2.75, 3.05) is 31.2 Å². The van der Waals surface area contributed by atoms with E-state index in [0.717, 1.165) is 18.9 Å². The summed E-state index contributed by atoms with van der Waals surface area (Å²) in [6, 6.07) is 5.93. The molecule has 0 bridgehead atoms. The fourth-order valence-electron chi connectivity index (χ4n) is 2.33. The smallest absolute Gasteiger partial charge is 0.241 e. The van der Waals surface area contributed by atoms with E-state index in [1.807, 2.05) is 0 Å². The molecular formula is C15H16Cl2N4O3S. The Hall–Kier alpha value is -1.45. The van der Waals surface area contributed by atoms with Crippen molar-refractivity contribution >= 4 is 39.0 Å². The number of halogens is 2. The minimum Gasteiger partial charge on any atom is -0.378 e. The van der Waals surface area contributed by atoms with Gasteiger partial charge in [0.25, 0.3) is 0 Å². The predicted octanol–water partition coefficient (Wildman–Crippen LogP) is 2.10. The molecule has 1 aromatic heterocycles. The summed E-state index contributed by atoms with van der Waals surface area (Å²) in [5, 5.41) is 0.470. The van der Waals surface area contributed by atoms with Gasteiger partial charge in [0.15, 0.2) is 0 Å².